The third-order valence-electron chi connectivity index (χ3n) is 3.48. The van der Waals surface area contributed by atoms with Gasteiger partial charge in [0.2, 0.25) is 0 Å². The highest BCUT2D eigenvalue weighted by atomic mass is 35.5. The number of rotatable bonds is 2. The molecule has 0 heterocycles. The highest BCUT2D eigenvalue weighted by molar-refractivity contribution is 5.85. The molecule has 2 N–H and O–H groups in total. The van der Waals surface area contributed by atoms with Gasteiger partial charge in [0.1, 0.15) is 0 Å². The van der Waals surface area contributed by atoms with Gasteiger partial charge in [-0.15, -0.1) is 12.4 Å². The Balaban J connectivity index is 0.00000112. The molecule has 1 aliphatic rings. The van der Waals surface area contributed by atoms with Crippen molar-refractivity contribution in [2.24, 2.45) is 11.1 Å². The molecule has 1 nitrogen and oxygen atoms in total. The van der Waals surface area contributed by atoms with Gasteiger partial charge in [-0.05, 0) is 48.8 Å². The first-order valence-electron chi connectivity index (χ1n) is 5.50. The van der Waals surface area contributed by atoms with Crippen LogP contribution in [0.2, 0.25) is 0 Å². The molecule has 1 unspecified atom stereocenters. The van der Waals surface area contributed by atoms with Gasteiger partial charge in [-0.2, -0.15) is 0 Å². The van der Waals surface area contributed by atoms with Crippen LogP contribution in [0.15, 0.2) is 24.3 Å². The second kappa shape index (κ2) is 5.00. The van der Waals surface area contributed by atoms with Crippen molar-refractivity contribution in [1.82, 2.24) is 0 Å². The van der Waals surface area contributed by atoms with E-state index in [2.05, 4.69) is 31.2 Å². The predicted molar refractivity (Wildman–Crippen MR) is 67.5 cm³/mol. The fourth-order valence-corrected chi connectivity index (χ4v) is 2.52. The predicted octanol–water partition coefficient (Wildman–Crippen LogP) is 2.95. The lowest BCUT2D eigenvalue weighted by atomic mass is 9.71. The summed E-state index contributed by atoms with van der Waals surface area (Å²) in [4.78, 5) is 0. The molecule has 1 aliphatic carbocycles. The van der Waals surface area contributed by atoms with Gasteiger partial charge in [0.15, 0.2) is 0 Å². The second-order valence-electron chi connectivity index (χ2n) is 4.79. The number of nitrogens with two attached hydrogens (primary N) is 1. The summed E-state index contributed by atoms with van der Waals surface area (Å²) >= 11 is 0. The lowest BCUT2D eigenvalue weighted by Crippen LogP contribution is -2.28. The summed E-state index contributed by atoms with van der Waals surface area (Å²) in [6.07, 6.45) is 4.88. The van der Waals surface area contributed by atoms with Crippen molar-refractivity contribution >= 4 is 12.4 Å². The van der Waals surface area contributed by atoms with Gasteiger partial charge < -0.3 is 5.73 Å². The minimum Gasteiger partial charge on any atom is -0.330 e. The van der Waals surface area contributed by atoms with E-state index in [1.807, 2.05) is 0 Å². The van der Waals surface area contributed by atoms with Crippen molar-refractivity contribution in [2.45, 2.75) is 32.6 Å². The normalized spacial score (nSPS) is 24.1. The van der Waals surface area contributed by atoms with Crippen molar-refractivity contribution in [3.63, 3.8) is 0 Å². The largest absolute Gasteiger partial charge is 0.330 e. The van der Waals surface area contributed by atoms with Crippen molar-refractivity contribution in [3.8, 4) is 0 Å². The SMILES string of the molecule is CC1(CCN)CCc2ccccc2C1.Cl. The average molecular weight is 226 g/mol. The molecular formula is C13H20ClN. The molecule has 1 aromatic carbocycles. The van der Waals surface area contributed by atoms with Gasteiger partial charge in [-0.25, -0.2) is 0 Å². The number of halogens is 1. The topological polar surface area (TPSA) is 26.0 Å². The van der Waals surface area contributed by atoms with Gasteiger partial charge in [-0.1, -0.05) is 31.2 Å². The summed E-state index contributed by atoms with van der Waals surface area (Å²) in [6.45, 7) is 3.19. The standard InChI is InChI=1S/C13H19N.ClH/c1-13(8-9-14)7-6-11-4-2-3-5-12(11)10-13;/h2-5H,6-10,14H2,1H3;1H. The van der Waals surface area contributed by atoms with Gasteiger partial charge in [-0.3, -0.25) is 0 Å². The minimum atomic E-state index is 0. The summed E-state index contributed by atoms with van der Waals surface area (Å²) < 4.78 is 0. The Bertz CT molecular complexity index is 324. The molecule has 1 atom stereocenters. The van der Waals surface area contributed by atoms with E-state index >= 15 is 0 Å². The Morgan fingerprint density at radius 1 is 1.27 bits per heavy atom. The second-order valence-corrected chi connectivity index (χ2v) is 4.79. The zero-order valence-electron chi connectivity index (χ0n) is 9.33. The molecule has 0 saturated carbocycles. The first-order valence-corrected chi connectivity index (χ1v) is 5.50. The van der Waals surface area contributed by atoms with E-state index in [0.717, 1.165) is 13.0 Å². The fraction of sp³-hybridized carbons (Fsp3) is 0.538. The molecule has 84 valence electrons. The van der Waals surface area contributed by atoms with Gasteiger partial charge >= 0.3 is 0 Å². The maximum Gasteiger partial charge on any atom is -0.00720 e. The molecule has 0 radical (unpaired) electrons. The van der Waals surface area contributed by atoms with Gasteiger partial charge in [0.05, 0.1) is 0 Å². The zero-order chi connectivity index (χ0) is 10.0. The first kappa shape index (κ1) is 12.5. The number of hydrogen-bond donors (Lipinski definition) is 1. The first-order chi connectivity index (χ1) is 6.73. The van der Waals surface area contributed by atoms with E-state index in [0.29, 0.717) is 5.41 Å². The maximum absolute atomic E-state index is 5.66. The minimum absolute atomic E-state index is 0. The highest BCUT2D eigenvalue weighted by Gasteiger charge is 2.28. The van der Waals surface area contributed by atoms with Crippen LogP contribution in [0.25, 0.3) is 0 Å². The molecule has 2 heteroatoms. The van der Waals surface area contributed by atoms with Crippen LogP contribution in [0.1, 0.15) is 30.9 Å². The van der Waals surface area contributed by atoms with Crippen LogP contribution in [0.5, 0.6) is 0 Å². The number of fused-ring (bicyclic) bond motifs is 1. The van der Waals surface area contributed by atoms with E-state index in [1.165, 1.54) is 24.8 Å². The van der Waals surface area contributed by atoms with Crippen LogP contribution in [0.4, 0.5) is 0 Å². The summed E-state index contributed by atoms with van der Waals surface area (Å²) in [5.41, 5.74) is 9.19. The Labute approximate surface area is 98.5 Å². The maximum atomic E-state index is 5.66. The van der Waals surface area contributed by atoms with E-state index in [-0.39, 0.29) is 12.4 Å². The molecule has 2 rings (SSSR count). The summed E-state index contributed by atoms with van der Waals surface area (Å²) in [5, 5.41) is 0. The van der Waals surface area contributed by atoms with E-state index in [9.17, 15) is 0 Å². The van der Waals surface area contributed by atoms with Crippen molar-refractivity contribution in [3.05, 3.63) is 35.4 Å². The molecule has 0 aromatic heterocycles. The van der Waals surface area contributed by atoms with Crippen molar-refractivity contribution in [1.29, 1.82) is 0 Å². The molecule has 0 aliphatic heterocycles. The molecule has 0 bridgehead atoms. The van der Waals surface area contributed by atoms with Gasteiger partial charge in [0.25, 0.3) is 0 Å². The number of benzene rings is 1. The van der Waals surface area contributed by atoms with Crippen LogP contribution in [0.3, 0.4) is 0 Å². The molecule has 0 amide bonds. The van der Waals surface area contributed by atoms with E-state index < -0.39 is 0 Å². The lowest BCUT2D eigenvalue weighted by Gasteiger charge is -2.34. The van der Waals surface area contributed by atoms with Crippen molar-refractivity contribution < 1.29 is 0 Å². The van der Waals surface area contributed by atoms with Crippen LogP contribution in [-0.2, 0) is 12.8 Å². The third kappa shape index (κ3) is 2.73. The lowest BCUT2D eigenvalue weighted by molar-refractivity contribution is 0.260. The van der Waals surface area contributed by atoms with E-state index in [4.69, 9.17) is 5.73 Å². The summed E-state index contributed by atoms with van der Waals surface area (Å²) in [5.74, 6) is 0. The zero-order valence-corrected chi connectivity index (χ0v) is 10.1. The van der Waals surface area contributed by atoms with Crippen LogP contribution >= 0.6 is 12.4 Å². The Morgan fingerprint density at radius 2 is 1.93 bits per heavy atom. The third-order valence-corrected chi connectivity index (χ3v) is 3.48. The molecular weight excluding hydrogens is 206 g/mol. The average Bonchev–Trinajstić information content (AvgIpc) is 2.17. The number of hydrogen-bond acceptors (Lipinski definition) is 1. The van der Waals surface area contributed by atoms with Crippen molar-refractivity contribution in [2.75, 3.05) is 6.54 Å². The summed E-state index contributed by atoms with van der Waals surface area (Å²) in [7, 11) is 0. The Kier molecular flexibility index (Phi) is 4.18. The summed E-state index contributed by atoms with van der Waals surface area (Å²) in [6, 6.07) is 8.82. The fourth-order valence-electron chi connectivity index (χ4n) is 2.52. The van der Waals surface area contributed by atoms with Crippen LogP contribution in [-0.4, -0.2) is 6.54 Å². The smallest absolute Gasteiger partial charge is 0.00720 e. The molecule has 1 aromatic rings. The molecule has 0 saturated heterocycles. The van der Waals surface area contributed by atoms with Crippen LogP contribution in [0, 0.1) is 5.41 Å². The Morgan fingerprint density at radius 3 is 2.60 bits per heavy atom. The monoisotopic (exact) mass is 225 g/mol. The molecule has 0 spiro atoms. The van der Waals surface area contributed by atoms with E-state index in [1.54, 1.807) is 5.56 Å². The Hall–Kier alpha value is -0.530. The molecule has 0 fully saturated rings. The molecule has 15 heavy (non-hydrogen) atoms. The van der Waals surface area contributed by atoms with Crippen LogP contribution < -0.4 is 5.73 Å². The number of aryl methyl sites for hydroxylation is 1. The highest BCUT2D eigenvalue weighted by Crippen LogP contribution is 2.37. The quantitative estimate of drug-likeness (QED) is 0.823. The van der Waals surface area contributed by atoms with Gasteiger partial charge in [0, 0.05) is 0 Å².